The second-order valence-corrected chi connectivity index (χ2v) is 8.56. The van der Waals surface area contributed by atoms with E-state index in [1.807, 2.05) is 29.2 Å². The molecule has 1 aliphatic heterocycles. The van der Waals surface area contributed by atoms with Crippen molar-refractivity contribution in [2.75, 3.05) is 32.7 Å². The number of halogens is 1. The van der Waals surface area contributed by atoms with Gasteiger partial charge in [0.15, 0.2) is 0 Å². The molecule has 1 fully saturated rings. The fraction of sp³-hybridized carbons (Fsp3) is 0.480. The molecule has 0 radical (unpaired) electrons. The molecule has 0 spiro atoms. The van der Waals surface area contributed by atoms with Gasteiger partial charge in [-0.2, -0.15) is 0 Å². The Morgan fingerprint density at radius 2 is 1.83 bits per heavy atom. The van der Waals surface area contributed by atoms with Crippen molar-refractivity contribution in [3.63, 3.8) is 0 Å². The Balaban J connectivity index is 1.60. The number of hydrogen-bond donors (Lipinski definition) is 0. The largest absolute Gasteiger partial charge is 0.368 e. The molecule has 1 atom stereocenters. The van der Waals surface area contributed by atoms with Gasteiger partial charge in [0.2, 0.25) is 5.91 Å². The van der Waals surface area contributed by atoms with Crippen molar-refractivity contribution in [3.05, 3.63) is 70.2 Å². The summed E-state index contributed by atoms with van der Waals surface area (Å²) in [5.41, 5.74) is 3.55. The maximum Gasteiger partial charge on any atom is 0.222 e. The molecule has 0 saturated carbocycles. The van der Waals surface area contributed by atoms with Gasteiger partial charge in [0, 0.05) is 44.2 Å². The number of aryl methyl sites for hydroxylation is 1. The lowest BCUT2D eigenvalue weighted by Gasteiger charge is -2.36. The summed E-state index contributed by atoms with van der Waals surface area (Å²) in [4.78, 5) is 16.7. The van der Waals surface area contributed by atoms with Gasteiger partial charge in [0.05, 0.1) is 12.7 Å². The predicted octanol–water partition coefficient (Wildman–Crippen LogP) is 5.24. The number of rotatable bonds is 9. The van der Waals surface area contributed by atoms with Gasteiger partial charge in [-0.1, -0.05) is 66.9 Å². The first-order valence-electron chi connectivity index (χ1n) is 11.0. The summed E-state index contributed by atoms with van der Waals surface area (Å²) in [6, 6.07) is 16.4. The smallest absolute Gasteiger partial charge is 0.222 e. The first-order chi connectivity index (χ1) is 14.5. The number of nitrogens with zero attached hydrogens (tertiary/aromatic N) is 2. The Morgan fingerprint density at radius 3 is 2.50 bits per heavy atom. The second kappa shape index (κ2) is 11.5. The van der Waals surface area contributed by atoms with E-state index in [2.05, 4.69) is 43.0 Å². The average molecular weight is 429 g/mol. The topological polar surface area (TPSA) is 32.8 Å². The number of ether oxygens (including phenoxy) is 1. The zero-order valence-electron chi connectivity index (χ0n) is 18.1. The van der Waals surface area contributed by atoms with Crippen molar-refractivity contribution < 1.29 is 9.53 Å². The SMILES string of the molecule is CCCCC(=O)N1CCN(CC(OCc2cccc(C)c2)c2ccc(Cl)cc2)CC1. The molecule has 1 aliphatic rings. The van der Waals surface area contributed by atoms with Crippen LogP contribution in [-0.4, -0.2) is 48.4 Å². The number of hydrogen-bond acceptors (Lipinski definition) is 3. The molecule has 1 unspecified atom stereocenters. The molecule has 0 bridgehead atoms. The molecule has 1 heterocycles. The molecule has 1 amide bonds. The lowest BCUT2D eigenvalue weighted by molar-refractivity contribution is -0.133. The molecule has 0 aromatic heterocycles. The molecule has 3 rings (SSSR count). The molecule has 5 heteroatoms. The zero-order valence-corrected chi connectivity index (χ0v) is 18.9. The van der Waals surface area contributed by atoms with E-state index in [4.69, 9.17) is 16.3 Å². The van der Waals surface area contributed by atoms with E-state index in [0.29, 0.717) is 18.9 Å². The van der Waals surface area contributed by atoms with Gasteiger partial charge >= 0.3 is 0 Å². The van der Waals surface area contributed by atoms with Crippen LogP contribution < -0.4 is 0 Å². The van der Waals surface area contributed by atoms with Crippen molar-refractivity contribution in [2.24, 2.45) is 0 Å². The van der Waals surface area contributed by atoms with Crippen LogP contribution in [0.2, 0.25) is 5.02 Å². The summed E-state index contributed by atoms with van der Waals surface area (Å²) in [6.07, 6.45) is 2.67. The first-order valence-corrected chi connectivity index (χ1v) is 11.4. The highest BCUT2D eigenvalue weighted by atomic mass is 35.5. The van der Waals surface area contributed by atoms with Crippen molar-refractivity contribution in [3.8, 4) is 0 Å². The maximum atomic E-state index is 12.3. The Labute approximate surface area is 185 Å². The monoisotopic (exact) mass is 428 g/mol. The molecule has 0 aliphatic carbocycles. The molecule has 4 nitrogen and oxygen atoms in total. The van der Waals surface area contributed by atoms with Crippen LogP contribution in [0.15, 0.2) is 48.5 Å². The molecule has 0 N–H and O–H groups in total. The molecule has 2 aromatic rings. The Kier molecular flexibility index (Phi) is 8.74. The minimum atomic E-state index is -0.0369. The van der Waals surface area contributed by atoms with Crippen molar-refractivity contribution >= 4 is 17.5 Å². The summed E-state index contributed by atoms with van der Waals surface area (Å²) in [7, 11) is 0. The summed E-state index contributed by atoms with van der Waals surface area (Å²) < 4.78 is 6.37. The number of amides is 1. The maximum absolute atomic E-state index is 12.3. The number of piperazine rings is 1. The molecule has 30 heavy (non-hydrogen) atoms. The van der Waals surface area contributed by atoms with Gasteiger partial charge in [-0.05, 0) is 36.6 Å². The molecule has 2 aromatic carbocycles. The third-order valence-electron chi connectivity index (χ3n) is 5.67. The van der Waals surface area contributed by atoms with Gasteiger partial charge in [0.25, 0.3) is 0 Å². The summed E-state index contributed by atoms with van der Waals surface area (Å²) in [5, 5.41) is 0.732. The van der Waals surface area contributed by atoms with Gasteiger partial charge in [-0.3, -0.25) is 9.69 Å². The van der Waals surface area contributed by atoms with Crippen LogP contribution in [0.1, 0.15) is 49.0 Å². The number of benzene rings is 2. The van der Waals surface area contributed by atoms with Crippen LogP contribution >= 0.6 is 11.6 Å². The fourth-order valence-corrected chi connectivity index (χ4v) is 3.96. The minimum absolute atomic E-state index is 0.0369. The van der Waals surface area contributed by atoms with Crippen LogP contribution in [0.4, 0.5) is 0 Å². The molecule has 1 saturated heterocycles. The molecular weight excluding hydrogens is 396 g/mol. The van der Waals surface area contributed by atoms with Crippen LogP contribution in [-0.2, 0) is 16.1 Å². The summed E-state index contributed by atoms with van der Waals surface area (Å²) in [6.45, 7) is 8.97. The van der Waals surface area contributed by atoms with E-state index in [9.17, 15) is 4.79 Å². The van der Waals surface area contributed by atoms with Crippen molar-refractivity contribution in [1.29, 1.82) is 0 Å². The van der Waals surface area contributed by atoms with E-state index < -0.39 is 0 Å². The normalized spacial score (nSPS) is 15.9. The van der Waals surface area contributed by atoms with Gasteiger partial charge in [-0.15, -0.1) is 0 Å². The van der Waals surface area contributed by atoms with E-state index >= 15 is 0 Å². The van der Waals surface area contributed by atoms with E-state index in [-0.39, 0.29) is 6.10 Å². The second-order valence-electron chi connectivity index (χ2n) is 8.13. The summed E-state index contributed by atoms with van der Waals surface area (Å²) in [5.74, 6) is 0.293. The van der Waals surface area contributed by atoms with Gasteiger partial charge < -0.3 is 9.64 Å². The number of carbonyl (C=O) groups excluding carboxylic acids is 1. The highest BCUT2D eigenvalue weighted by Crippen LogP contribution is 2.23. The first kappa shape index (κ1) is 22.8. The zero-order chi connectivity index (χ0) is 21.3. The van der Waals surface area contributed by atoms with Gasteiger partial charge in [0.1, 0.15) is 0 Å². The van der Waals surface area contributed by atoms with Crippen LogP contribution in [0.25, 0.3) is 0 Å². The van der Waals surface area contributed by atoms with E-state index in [1.165, 1.54) is 11.1 Å². The third-order valence-corrected chi connectivity index (χ3v) is 5.92. The van der Waals surface area contributed by atoms with Crippen LogP contribution in [0.3, 0.4) is 0 Å². The van der Waals surface area contributed by atoms with Crippen LogP contribution in [0, 0.1) is 6.92 Å². The highest BCUT2D eigenvalue weighted by Gasteiger charge is 2.24. The van der Waals surface area contributed by atoms with Gasteiger partial charge in [-0.25, -0.2) is 0 Å². The average Bonchev–Trinajstić information content (AvgIpc) is 2.76. The predicted molar refractivity (Wildman–Crippen MR) is 123 cm³/mol. The van der Waals surface area contributed by atoms with E-state index in [1.54, 1.807) is 0 Å². The lowest BCUT2D eigenvalue weighted by Crippen LogP contribution is -2.49. The number of carbonyl (C=O) groups is 1. The fourth-order valence-electron chi connectivity index (χ4n) is 3.83. The Hall–Kier alpha value is -1.88. The Morgan fingerprint density at radius 1 is 1.10 bits per heavy atom. The van der Waals surface area contributed by atoms with Crippen molar-refractivity contribution in [2.45, 2.75) is 45.8 Å². The van der Waals surface area contributed by atoms with Crippen molar-refractivity contribution in [1.82, 2.24) is 9.80 Å². The van der Waals surface area contributed by atoms with Crippen LogP contribution in [0.5, 0.6) is 0 Å². The highest BCUT2D eigenvalue weighted by molar-refractivity contribution is 6.30. The quantitative estimate of drug-likeness (QED) is 0.547. The molecule has 162 valence electrons. The minimum Gasteiger partial charge on any atom is -0.368 e. The third kappa shape index (κ3) is 6.83. The molecular formula is C25H33ClN2O2. The van der Waals surface area contributed by atoms with E-state index in [0.717, 1.165) is 56.2 Å². The standard InChI is InChI=1S/C25H33ClN2O2/c1-3-4-8-25(29)28-15-13-27(14-16-28)18-24(22-9-11-23(26)12-10-22)30-19-21-7-5-6-20(2)17-21/h5-7,9-12,17,24H,3-4,8,13-16,18-19H2,1-2H3. The lowest BCUT2D eigenvalue weighted by atomic mass is 10.1. The summed E-state index contributed by atoms with van der Waals surface area (Å²) >= 11 is 6.09. The number of unbranched alkanes of at least 4 members (excludes halogenated alkanes) is 1. The Bertz CT molecular complexity index is 801.